The first-order chi connectivity index (χ1) is 9.34. The highest BCUT2D eigenvalue weighted by Crippen LogP contribution is 2.21. The maximum absolute atomic E-state index is 4.55. The van der Waals surface area contributed by atoms with Crippen LogP contribution >= 0.6 is 0 Å². The fourth-order valence-electron chi connectivity index (χ4n) is 1.98. The van der Waals surface area contributed by atoms with Crippen molar-refractivity contribution in [2.24, 2.45) is 0 Å². The Morgan fingerprint density at radius 2 is 1.42 bits per heavy atom. The van der Waals surface area contributed by atoms with Gasteiger partial charge in [-0.2, -0.15) is 0 Å². The lowest BCUT2D eigenvalue weighted by Gasteiger charge is -2.05. The van der Waals surface area contributed by atoms with Gasteiger partial charge >= 0.3 is 0 Å². The minimum absolute atomic E-state index is 0.703. The number of hydrogen-bond acceptors (Lipinski definition) is 3. The number of hydrogen-bond donors (Lipinski definition) is 0. The van der Waals surface area contributed by atoms with E-state index >= 15 is 0 Å². The minimum Gasteiger partial charge on any atom is -0.217 e. The Bertz CT molecular complexity index is 693. The Morgan fingerprint density at radius 1 is 0.737 bits per heavy atom. The Kier molecular flexibility index (Phi) is 3.02. The van der Waals surface area contributed by atoms with Crippen molar-refractivity contribution in [2.45, 2.75) is 6.92 Å². The summed E-state index contributed by atoms with van der Waals surface area (Å²) >= 11 is 0. The molecule has 0 saturated carbocycles. The van der Waals surface area contributed by atoms with Gasteiger partial charge in [0.2, 0.25) is 0 Å². The molecule has 0 amide bonds. The van der Waals surface area contributed by atoms with Crippen LogP contribution < -0.4 is 0 Å². The summed E-state index contributed by atoms with van der Waals surface area (Å²) in [6, 6.07) is 18.0. The van der Waals surface area contributed by atoms with E-state index in [1.807, 2.05) is 48.5 Å². The van der Waals surface area contributed by atoms with Crippen molar-refractivity contribution < 1.29 is 0 Å². The molecule has 0 fully saturated rings. The van der Waals surface area contributed by atoms with Crippen molar-refractivity contribution >= 4 is 0 Å². The van der Waals surface area contributed by atoms with Crippen LogP contribution in [0.25, 0.3) is 22.8 Å². The summed E-state index contributed by atoms with van der Waals surface area (Å²) in [7, 11) is 0. The standard InChI is InChI=1S/C16H13N3/c1-12-7-5-6-10-14(12)16-18-11-17-15(19-16)13-8-3-2-4-9-13/h2-11H,1H3. The van der Waals surface area contributed by atoms with Gasteiger partial charge in [0, 0.05) is 11.1 Å². The van der Waals surface area contributed by atoms with E-state index in [-0.39, 0.29) is 0 Å². The highest BCUT2D eigenvalue weighted by atomic mass is 15.0. The predicted molar refractivity (Wildman–Crippen MR) is 75.4 cm³/mol. The normalized spacial score (nSPS) is 10.4. The van der Waals surface area contributed by atoms with Crippen LogP contribution in [0.4, 0.5) is 0 Å². The lowest BCUT2D eigenvalue weighted by molar-refractivity contribution is 1.06. The first kappa shape index (κ1) is 11.5. The number of benzene rings is 2. The van der Waals surface area contributed by atoms with Gasteiger partial charge in [-0.05, 0) is 12.5 Å². The van der Waals surface area contributed by atoms with Crippen LogP contribution in [0, 0.1) is 6.92 Å². The van der Waals surface area contributed by atoms with Crippen molar-refractivity contribution in [1.82, 2.24) is 15.0 Å². The van der Waals surface area contributed by atoms with Crippen molar-refractivity contribution in [2.75, 3.05) is 0 Å². The maximum Gasteiger partial charge on any atom is 0.163 e. The fraction of sp³-hybridized carbons (Fsp3) is 0.0625. The Hall–Kier alpha value is -2.55. The molecule has 0 aliphatic carbocycles. The van der Waals surface area contributed by atoms with Crippen LogP contribution in [-0.4, -0.2) is 15.0 Å². The molecule has 1 aromatic heterocycles. The number of nitrogens with zero attached hydrogens (tertiary/aromatic N) is 3. The monoisotopic (exact) mass is 247 g/mol. The van der Waals surface area contributed by atoms with Gasteiger partial charge in [0.1, 0.15) is 6.33 Å². The second-order valence-corrected chi connectivity index (χ2v) is 4.31. The zero-order valence-corrected chi connectivity index (χ0v) is 10.6. The summed E-state index contributed by atoms with van der Waals surface area (Å²) < 4.78 is 0. The number of aryl methyl sites for hydroxylation is 1. The molecule has 0 saturated heterocycles. The molecule has 0 bridgehead atoms. The van der Waals surface area contributed by atoms with Crippen LogP contribution in [0.5, 0.6) is 0 Å². The van der Waals surface area contributed by atoms with Crippen LogP contribution in [0.15, 0.2) is 60.9 Å². The molecule has 0 N–H and O–H groups in total. The first-order valence-electron chi connectivity index (χ1n) is 6.15. The highest BCUT2D eigenvalue weighted by molar-refractivity contribution is 5.62. The number of rotatable bonds is 2. The van der Waals surface area contributed by atoms with Crippen LogP contribution in [-0.2, 0) is 0 Å². The van der Waals surface area contributed by atoms with E-state index in [2.05, 4.69) is 27.9 Å². The van der Waals surface area contributed by atoms with E-state index in [0.29, 0.717) is 11.6 Å². The molecule has 3 rings (SSSR count). The highest BCUT2D eigenvalue weighted by Gasteiger charge is 2.07. The molecule has 92 valence electrons. The molecule has 19 heavy (non-hydrogen) atoms. The lowest BCUT2D eigenvalue weighted by atomic mass is 10.1. The van der Waals surface area contributed by atoms with Gasteiger partial charge in [0.15, 0.2) is 11.6 Å². The van der Waals surface area contributed by atoms with Gasteiger partial charge in [0.05, 0.1) is 0 Å². The molecular formula is C16H13N3. The number of aromatic nitrogens is 3. The Labute approximate surface area is 112 Å². The molecule has 3 aromatic rings. The zero-order chi connectivity index (χ0) is 13.1. The third-order valence-electron chi connectivity index (χ3n) is 2.99. The quantitative estimate of drug-likeness (QED) is 0.695. The van der Waals surface area contributed by atoms with E-state index in [9.17, 15) is 0 Å². The largest absolute Gasteiger partial charge is 0.217 e. The second-order valence-electron chi connectivity index (χ2n) is 4.31. The van der Waals surface area contributed by atoms with Crippen LogP contribution in [0.1, 0.15) is 5.56 Å². The molecule has 0 atom stereocenters. The zero-order valence-electron chi connectivity index (χ0n) is 10.6. The average Bonchev–Trinajstić information content (AvgIpc) is 2.49. The molecule has 2 aromatic carbocycles. The third kappa shape index (κ3) is 2.36. The van der Waals surface area contributed by atoms with Crippen molar-refractivity contribution in [3.8, 4) is 22.8 Å². The van der Waals surface area contributed by atoms with E-state index in [4.69, 9.17) is 0 Å². The predicted octanol–water partition coefficient (Wildman–Crippen LogP) is 3.51. The minimum atomic E-state index is 0.703. The van der Waals surface area contributed by atoms with E-state index in [1.165, 1.54) is 0 Å². The molecule has 3 nitrogen and oxygen atoms in total. The fourth-order valence-corrected chi connectivity index (χ4v) is 1.98. The smallest absolute Gasteiger partial charge is 0.163 e. The summed E-state index contributed by atoms with van der Waals surface area (Å²) in [4.78, 5) is 13.1. The van der Waals surface area contributed by atoms with Gasteiger partial charge in [-0.25, -0.2) is 15.0 Å². The maximum atomic E-state index is 4.55. The molecule has 0 unspecified atom stereocenters. The molecule has 1 heterocycles. The van der Waals surface area contributed by atoms with Gasteiger partial charge in [-0.15, -0.1) is 0 Å². The third-order valence-corrected chi connectivity index (χ3v) is 2.99. The van der Waals surface area contributed by atoms with Gasteiger partial charge in [0.25, 0.3) is 0 Å². The molecule has 0 aliphatic rings. The summed E-state index contributed by atoms with van der Waals surface area (Å²) in [6.45, 7) is 2.06. The van der Waals surface area contributed by atoms with Gasteiger partial charge < -0.3 is 0 Å². The van der Waals surface area contributed by atoms with Gasteiger partial charge in [-0.1, -0.05) is 54.6 Å². The van der Waals surface area contributed by atoms with Crippen molar-refractivity contribution in [3.63, 3.8) is 0 Å². The van der Waals surface area contributed by atoms with E-state index in [1.54, 1.807) is 6.33 Å². The summed E-state index contributed by atoms with van der Waals surface area (Å²) in [5.41, 5.74) is 3.20. The molecule has 0 radical (unpaired) electrons. The van der Waals surface area contributed by atoms with Crippen molar-refractivity contribution in [3.05, 3.63) is 66.5 Å². The second kappa shape index (κ2) is 4.98. The van der Waals surface area contributed by atoms with Gasteiger partial charge in [-0.3, -0.25) is 0 Å². The Balaban J connectivity index is 2.09. The lowest BCUT2D eigenvalue weighted by Crippen LogP contribution is -1.96. The molecule has 3 heteroatoms. The molecule has 0 spiro atoms. The van der Waals surface area contributed by atoms with Crippen molar-refractivity contribution in [1.29, 1.82) is 0 Å². The summed E-state index contributed by atoms with van der Waals surface area (Å²) in [6.07, 6.45) is 1.57. The molecular weight excluding hydrogens is 234 g/mol. The Morgan fingerprint density at radius 3 is 2.21 bits per heavy atom. The van der Waals surface area contributed by atoms with E-state index in [0.717, 1.165) is 16.7 Å². The topological polar surface area (TPSA) is 38.7 Å². The average molecular weight is 247 g/mol. The van der Waals surface area contributed by atoms with E-state index < -0.39 is 0 Å². The SMILES string of the molecule is Cc1ccccc1-c1ncnc(-c2ccccc2)n1. The summed E-state index contributed by atoms with van der Waals surface area (Å²) in [5.74, 6) is 1.42. The summed E-state index contributed by atoms with van der Waals surface area (Å²) in [5, 5.41) is 0. The van der Waals surface area contributed by atoms with Crippen LogP contribution in [0.2, 0.25) is 0 Å². The first-order valence-corrected chi connectivity index (χ1v) is 6.15. The van der Waals surface area contributed by atoms with Crippen LogP contribution in [0.3, 0.4) is 0 Å². The molecule has 0 aliphatic heterocycles.